The minimum atomic E-state index is 0.107. The van der Waals surface area contributed by atoms with E-state index in [2.05, 4.69) is 20.6 Å². The van der Waals surface area contributed by atoms with Crippen molar-refractivity contribution < 1.29 is 4.79 Å². The fourth-order valence-corrected chi connectivity index (χ4v) is 2.91. The number of rotatable bonds is 3. The van der Waals surface area contributed by atoms with Gasteiger partial charge in [-0.15, -0.1) is 15.3 Å². The van der Waals surface area contributed by atoms with Crippen LogP contribution in [0, 0.1) is 0 Å². The molecular weight excluding hydrogens is 304 g/mol. The van der Waals surface area contributed by atoms with Crippen LogP contribution in [0.3, 0.4) is 0 Å². The number of nitrogens with zero attached hydrogens (tertiary/aromatic N) is 5. The van der Waals surface area contributed by atoms with Gasteiger partial charge in [0.2, 0.25) is 5.91 Å². The number of carbonyl (C=O) groups excluding carboxylic acids is 1. The van der Waals surface area contributed by atoms with Gasteiger partial charge in [-0.3, -0.25) is 4.79 Å². The molecule has 0 spiro atoms. The number of nitrogens with one attached hydrogen (secondary N) is 1. The smallest absolute Gasteiger partial charge is 0.224 e. The van der Waals surface area contributed by atoms with Crippen LogP contribution in [0.15, 0.2) is 42.5 Å². The highest BCUT2D eigenvalue weighted by Gasteiger charge is 2.23. The van der Waals surface area contributed by atoms with E-state index >= 15 is 0 Å². The van der Waals surface area contributed by atoms with Gasteiger partial charge in [-0.2, -0.15) is 4.52 Å². The van der Waals surface area contributed by atoms with Crippen LogP contribution in [-0.2, 0) is 4.79 Å². The number of amides is 1. The summed E-state index contributed by atoms with van der Waals surface area (Å²) in [6.45, 7) is 0.765. The van der Waals surface area contributed by atoms with E-state index in [0.717, 1.165) is 24.3 Å². The van der Waals surface area contributed by atoms with E-state index in [4.69, 9.17) is 0 Å². The Hall–Kier alpha value is -2.96. The van der Waals surface area contributed by atoms with Gasteiger partial charge in [0.25, 0.3) is 0 Å². The van der Waals surface area contributed by atoms with Crippen molar-refractivity contribution in [3.05, 3.63) is 42.5 Å². The second kappa shape index (κ2) is 5.92. The third kappa shape index (κ3) is 2.68. The van der Waals surface area contributed by atoms with Crippen molar-refractivity contribution in [1.82, 2.24) is 24.7 Å². The molecule has 1 fully saturated rings. The molecule has 1 aliphatic rings. The van der Waals surface area contributed by atoms with E-state index in [0.29, 0.717) is 17.9 Å². The first-order valence-corrected chi connectivity index (χ1v) is 7.99. The van der Waals surface area contributed by atoms with Crippen molar-refractivity contribution in [2.24, 2.45) is 0 Å². The highest BCUT2D eigenvalue weighted by atomic mass is 16.2. The normalized spacial score (nSPS) is 18.1. The predicted molar refractivity (Wildman–Crippen MR) is 90.5 cm³/mol. The zero-order valence-corrected chi connectivity index (χ0v) is 13.4. The fourth-order valence-electron chi connectivity index (χ4n) is 2.91. The van der Waals surface area contributed by atoms with Gasteiger partial charge in [-0.05, 0) is 18.6 Å². The Bertz CT molecular complexity index is 875. The largest absolute Gasteiger partial charge is 0.365 e. The van der Waals surface area contributed by atoms with E-state index < -0.39 is 0 Å². The average Bonchev–Trinajstić information content (AvgIpc) is 3.02. The van der Waals surface area contributed by atoms with Gasteiger partial charge in [0.05, 0.1) is 0 Å². The predicted octanol–water partition coefficient (Wildman–Crippen LogP) is 1.82. The second-order valence-electron chi connectivity index (χ2n) is 6.03. The van der Waals surface area contributed by atoms with Gasteiger partial charge in [0, 0.05) is 31.6 Å². The van der Waals surface area contributed by atoms with E-state index in [-0.39, 0.29) is 11.9 Å². The molecule has 3 aromatic rings. The number of hydrogen-bond donors (Lipinski definition) is 1. The lowest BCUT2D eigenvalue weighted by Gasteiger charge is -2.29. The highest BCUT2D eigenvalue weighted by Crippen LogP contribution is 2.19. The minimum absolute atomic E-state index is 0.107. The molecule has 4 rings (SSSR count). The number of benzene rings is 1. The molecule has 1 N–H and O–H groups in total. The lowest BCUT2D eigenvalue weighted by Crippen LogP contribution is -2.41. The summed E-state index contributed by atoms with van der Waals surface area (Å²) in [5.41, 5.74) is 1.66. The quantitative estimate of drug-likeness (QED) is 0.796. The zero-order chi connectivity index (χ0) is 16.5. The van der Waals surface area contributed by atoms with Crippen LogP contribution in [0.4, 0.5) is 5.82 Å². The van der Waals surface area contributed by atoms with Crippen LogP contribution in [0.2, 0.25) is 0 Å². The first-order chi connectivity index (χ1) is 11.7. The Morgan fingerprint density at radius 1 is 1.12 bits per heavy atom. The SMILES string of the molecule is CN1CCC(Nc2ccc3nnc(-c4ccccc4)n3n2)CC1=O. The summed E-state index contributed by atoms with van der Waals surface area (Å²) in [4.78, 5) is 13.6. The van der Waals surface area contributed by atoms with Crippen molar-refractivity contribution in [3.8, 4) is 11.4 Å². The van der Waals surface area contributed by atoms with Gasteiger partial charge in [0.15, 0.2) is 11.5 Å². The molecule has 0 aliphatic carbocycles. The Morgan fingerprint density at radius 2 is 1.96 bits per heavy atom. The molecule has 1 unspecified atom stereocenters. The van der Waals surface area contributed by atoms with Gasteiger partial charge in [0.1, 0.15) is 5.82 Å². The number of likely N-dealkylation sites (tertiary alicyclic amines) is 1. The van der Waals surface area contributed by atoms with Crippen molar-refractivity contribution in [2.75, 3.05) is 18.9 Å². The minimum Gasteiger partial charge on any atom is -0.365 e. The monoisotopic (exact) mass is 322 g/mol. The summed E-state index contributed by atoms with van der Waals surface area (Å²) in [6, 6.07) is 13.7. The first kappa shape index (κ1) is 14.6. The second-order valence-corrected chi connectivity index (χ2v) is 6.03. The maximum atomic E-state index is 11.8. The van der Waals surface area contributed by atoms with Crippen LogP contribution in [0.5, 0.6) is 0 Å². The van der Waals surface area contributed by atoms with Crippen molar-refractivity contribution >= 4 is 17.4 Å². The number of fused-ring (bicyclic) bond motifs is 1. The molecule has 1 amide bonds. The molecular formula is C17H18N6O. The Kier molecular flexibility index (Phi) is 3.60. The summed E-state index contributed by atoms with van der Waals surface area (Å²) in [5, 5.41) is 16.4. The van der Waals surface area contributed by atoms with Crippen LogP contribution in [-0.4, -0.2) is 50.3 Å². The summed E-state index contributed by atoms with van der Waals surface area (Å²) < 4.78 is 1.73. The fraction of sp³-hybridized carbons (Fsp3) is 0.294. The summed E-state index contributed by atoms with van der Waals surface area (Å²) in [5.74, 6) is 1.59. The molecule has 1 aromatic carbocycles. The van der Waals surface area contributed by atoms with Crippen LogP contribution >= 0.6 is 0 Å². The maximum absolute atomic E-state index is 11.8. The molecule has 1 saturated heterocycles. The maximum Gasteiger partial charge on any atom is 0.224 e. The highest BCUT2D eigenvalue weighted by molar-refractivity contribution is 5.77. The molecule has 1 aliphatic heterocycles. The van der Waals surface area contributed by atoms with E-state index in [1.807, 2.05) is 49.5 Å². The number of anilines is 1. The standard InChI is InChI=1S/C17H18N6O/c1-22-10-9-13(11-16(22)24)18-14-7-8-15-19-20-17(23(15)21-14)12-5-3-2-4-6-12/h2-8,13H,9-11H2,1H3,(H,18,21). The van der Waals surface area contributed by atoms with Gasteiger partial charge < -0.3 is 10.2 Å². The van der Waals surface area contributed by atoms with Gasteiger partial charge >= 0.3 is 0 Å². The van der Waals surface area contributed by atoms with Gasteiger partial charge in [-0.1, -0.05) is 30.3 Å². The molecule has 2 aromatic heterocycles. The van der Waals surface area contributed by atoms with E-state index in [1.165, 1.54) is 0 Å². The van der Waals surface area contributed by atoms with Crippen molar-refractivity contribution in [2.45, 2.75) is 18.9 Å². The summed E-state index contributed by atoms with van der Waals surface area (Å²) in [7, 11) is 1.84. The Labute approximate surface area is 139 Å². The molecule has 7 heteroatoms. The van der Waals surface area contributed by atoms with Gasteiger partial charge in [-0.25, -0.2) is 0 Å². The topological polar surface area (TPSA) is 75.4 Å². The summed E-state index contributed by atoms with van der Waals surface area (Å²) >= 11 is 0. The molecule has 0 saturated carbocycles. The third-order valence-corrected chi connectivity index (χ3v) is 4.31. The number of aromatic nitrogens is 4. The average molecular weight is 322 g/mol. The summed E-state index contributed by atoms with van der Waals surface area (Å²) in [6.07, 6.45) is 1.40. The molecule has 122 valence electrons. The Balaban J connectivity index is 1.62. The molecule has 7 nitrogen and oxygen atoms in total. The molecule has 0 radical (unpaired) electrons. The van der Waals surface area contributed by atoms with Crippen LogP contribution in [0.25, 0.3) is 17.0 Å². The van der Waals surface area contributed by atoms with Crippen molar-refractivity contribution in [1.29, 1.82) is 0 Å². The first-order valence-electron chi connectivity index (χ1n) is 7.99. The zero-order valence-electron chi connectivity index (χ0n) is 13.4. The van der Waals surface area contributed by atoms with Crippen LogP contribution < -0.4 is 5.32 Å². The van der Waals surface area contributed by atoms with Crippen molar-refractivity contribution in [3.63, 3.8) is 0 Å². The molecule has 24 heavy (non-hydrogen) atoms. The van der Waals surface area contributed by atoms with E-state index in [1.54, 1.807) is 9.42 Å². The van der Waals surface area contributed by atoms with Crippen LogP contribution in [0.1, 0.15) is 12.8 Å². The third-order valence-electron chi connectivity index (χ3n) is 4.31. The lowest BCUT2D eigenvalue weighted by molar-refractivity contribution is -0.132. The number of piperidine rings is 1. The van der Waals surface area contributed by atoms with E-state index in [9.17, 15) is 4.79 Å². The number of hydrogen-bond acceptors (Lipinski definition) is 5. The lowest BCUT2D eigenvalue weighted by atomic mass is 10.1. The number of carbonyl (C=O) groups is 1. The molecule has 1 atom stereocenters. The molecule has 3 heterocycles. The Morgan fingerprint density at radius 3 is 2.75 bits per heavy atom. The molecule has 0 bridgehead atoms.